The van der Waals surface area contributed by atoms with Crippen molar-refractivity contribution in [3.63, 3.8) is 0 Å². The van der Waals surface area contributed by atoms with Gasteiger partial charge in [-0.25, -0.2) is 0 Å². The van der Waals surface area contributed by atoms with Crippen LogP contribution in [0.5, 0.6) is 0 Å². The Bertz CT molecular complexity index is 1080. The number of carbonyl (C=O) groups is 1. The number of rotatable bonds is 1. The number of thiophene rings is 1. The van der Waals surface area contributed by atoms with Crippen molar-refractivity contribution >= 4 is 33.0 Å². The Morgan fingerprint density at radius 2 is 1.82 bits per heavy atom. The molecule has 1 amide bonds. The zero-order valence-corrected chi connectivity index (χ0v) is 17.5. The molecule has 0 saturated heterocycles. The average Bonchev–Trinajstić information content (AvgIpc) is 3.05. The zero-order chi connectivity index (χ0) is 19.5. The van der Waals surface area contributed by atoms with Crippen LogP contribution in [0.4, 0.5) is 5.00 Å². The summed E-state index contributed by atoms with van der Waals surface area (Å²) in [6, 6.07) is 14.7. The molecular formula is C24H26N2OS. The molecule has 2 N–H and O–H groups in total. The number of fused-ring (bicyclic) bond motifs is 4. The molecule has 144 valence electrons. The molecule has 0 saturated carbocycles. The first-order valence-corrected chi connectivity index (χ1v) is 10.9. The van der Waals surface area contributed by atoms with Gasteiger partial charge in [-0.15, -0.1) is 11.3 Å². The van der Waals surface area contributed by atoms with Crippen molar-refractivity contribution in [2.75, 3.05) is 5.32 Å². The van der Waals surface area contributed by atoms with Crippen molar-refractivity contribution in [2.24, 2.45) is 11.3 Å². The minimum atomic E-state index is -0.178. The smallest absolute Gasteiger partial charge is 0.256 e. The maximum absolute atomic E-state index is 13.0. The highest BCUT2D eigenvalue weighted by molar-refractivity contribution is 7.16. The molecule has 1 aromatic heterocycles. The van der Waals surface area contributed by atoms with Crippen molar-refractivity contribution in [1.29, 1.82) is 0 Å². The largest absolute Gasteiger partial charge is 0.353 e. The molecule has 2 heterocycles. The molecular weight excluding hydrogens is 364 g/mol. The number of amides is 1. The molecule has 4 heteroatoms. The lowest BCUT2D eigenvalue weighted by Gasteiger charge is -2.34. The third-order valence-electron chi connectivity index (χ3n) is 6.37. The van der Waals surface area contributed by atoms with Crippen LogP contribution in [0.25, 0.3) is 10.8 Å². The SMILES string of the molecule is CC(C)(C)[C@H]1CCc2c(sc3c2C(=O)N[C@@H](c2ccc4ccccc4c2)N3)C1. The normalized spacial score (nSPS) is 21.6. The van der Waals surface area contributed by atoms with Gasteiger partial charge in [0.2, 0.25) is 0 Å². The Morgan fingerprint density at radius 3 is 2.61 bits per heavy atom. The molecule has 0 bridgehead atoms. The second kappa shape index (κ2) is 6.35. The molecule has 3 aromatic rings. The highest BCUT2D eigenvalue weighted by Gasteiger charge is 2.36. The van der Waals surface area contributed by atoms with E-state index in [1.165, 1.54) is 27.6 Å². The van der Waals surface area contributed by atoms with Gasteiger partial charge in [0.25, 0.3) is 5.91 Å². The maximum atomic E-state index is 13.0. The molecule has 2 aliphatic rings. The number of hydrogen-bond donors (Lipinski definition) is 2. The van der Waals surface area contributed by atoms with E-state index in [9.17, 15) is 4.79 Å². The molecule has 0 fully saturated rings. The van der Waals surface area contributed by atoms with E-state index in [0.717, 1.165) is 29.0 Å². The van der Waals surface area contributed by atoms with E-state index in [-0.39, 0.29) is 12.1 Å². The van der Waals surface area contributed by atoms with Gasteiger partial charge in [-0.2, -0.15) is 0 Å². The predicted octanol–water partition coefficient (Wildman–Crippen LogP) is 5.91. The topological polar surface area (TPSA) is 41.1 Å². The van der Waals surface area contributed by atoms with Crippen LogP contribution in [0, 0.1) is 11.3 Å². The monoisotopic (exact) mass is 390 g/mol. The minimum absolute atomic E-state index is 0.0682. The van der Waals surface area contributed by atoms with Crippen LogP contribution in [-0.4, -0.2) is 5.91 Å². The Morgan fingerprint density at radius 1 is 1.04 bits per heavy atom. The Kier molecular flexibility index (Phi) is 4.02. The second-order valence-electron chi connectivity index (χ2n) is 9.17. The Hall–Kier alpha value is -2.33. The van der Waals surface area contributed by atoms with Crippen molar-refractivity contribution in [3.05, 3.63) is 64.0 Å². The fraction of sp³-hybridized carbons (Fsp3) is 0.375. The van der Waals surface area contributed by atoms with E-state index in [0.29, 0.717) is 11.3 Å². The van der Waals surface area contributed by atoms with Crippen LogP contribution in [0.3, 0.4) is 0 Å². The van der Waals surface area contributed by atoms with Crippen molar-refractivity contribution < 1.29 is 4.79 Å². The van der Waals surface area contributed by atoms with Crippen LogP contribution in [-0.2, 0) is 12.8 Å². The van der Waals surface area contributed by atoms with Crippen LogP contribution in [0.1, 0.15) is 59.7 Å². The molecule has 2 aromatic carbocycles. The molecule has 5 rings (SSSR count). The molecule has 0 spiro atoms. The zero-order valence-electron chi connectivity index (χ0n) is 16.6. The third-order valence-corrected chi connectivity index (χ3v) is 7.56. The highest BCUT2D eigenvalue weighted by Crippen LogP contribution is 2.46. The van der Waals surface area contributed by atoms with Gasteiger partial charge >= 0.3 is 0 Å². The lowest BCUT2D eigenvalue weighted by Crippen LogP contribution is -2.38. The maximum Gasteiger partial charge on any atom is 0.256 e. The van der Waals surface area contributed by atoms with E-state index in [2.05, 4.69) is 73.9 Å². The summed E-state index contributed by atoms with van der Waals surface area (Å²) in [4.78, 5) is 14.4. The molecule has 0 unspecified atom stereocenters. The molecule has 1 aliphatic heterocycles. The summed E-state index contributed by atoms with van der Waals surface area (Å²) >= 11 is 1.79. The predicted molar refractivity (Wildman–Crippen MR) is 117 cm³/mol. The van der Waals surface area contributed by atoms with Crippen LogP contribution in [0.15, 0.2) is 42.5 Å². The van der Waals surface area contributed by atoms with Gasteiger partial charge in [-0.3, -0.25) is 4.79 Å². The number of hydrogen-bond acceptors (Lipinski definition) is 3. The average molecular weight is 391 g/mol. The van der Waals surface area contributed by atoms with E-state index in [4.69, 9.17) is 0 Å². The quantitative estimate of drug-likeness (QED) is 0.542. The van der Waals surface area contributed by atoms with Gasteiger partial charge in [-0.05, 0) is 58.6 Å². The van der Waals surface area contributed by atoms with Gasteiger partial charge in [0.1, 0.15) is 11.2 Å². The lowest BCUT2D eigenvalue weighted by atomic mass is 9.72. The first-order chi connectivity index (χ1) is 13.4. The van der Waals surface area contributed by atoms with E-state index < -0.39 is 0 Å². The number of nitrogens with one attached hydrogen (secondary N) is 2. The van der Waals surface area contributed by atoms with Gasteiger partial charge in [0, 0.05) is 4.88 Å². The fourth-order valence-electron chi connectivity index (χ4n) is 4.59. The van der Waals surface area contributed by atoms with Crippen molar-refractivity contribution in [3.8, 4) is 0 Å². The van der Waals surface area contributed by atoms with Crippen molar-refractivity contribution in [2.45, 2.75) is 46.2 Å². The van der Waals surface area contributed by atoms with Crippen LogP contribution in [0.2, 0.25) is 0 Å². The van der Waals surface area contributed by atoms with E-state index in [1.54, 1.807) is 11.3 Å². The third kappa shape index (κ3) is 2.91. The first-order valence-electron chi connectivity index (χ1n) is 10.1. The minimum Gasteiger partial charge on any atom is -0.353 e. The highest BCUT2D eigenvalue weighted by atomic mass is 32.1. The van der Waals surface area contributed by atoms with E-state index >= 15 is 0 Å². The Balaban J connectivity index is 1.47. The molecule has 28 heavy (non-hydrogen) atoms. The molecule has 3 nitrogen and oxygen atoms in total. The number of anilines is 1. The molecule has 1 aliphatic carbocycles. The van der Waals surface area contributed by atoms with Crippen molar-refractivity contribution in [1.82, 2.24) is 5.32 Å². The number of benzene rings is 2. The summed E-state index contributed by atoms with van der Waals surface area (Å²) in [5, 5.41) is 10.2. The molecule has 0 radical (unpaired) electrons. The summed E-state index contributed by atoms with van der Waals surface area (Å²) in [6.07, 6.45) is 3.09. The summed E-state index contributed by atoms with van der Waals surface area (Å²) < 4.78 is 0. The summed E-state index contributed by atoms with van der Waals surface area (Å²) in [7, 11) is 0. The second-order valence-corrected chi connectivity index (χ2v) is 10.3. The van der Waals surface area contributed by atoms with Gasteiger partial charge in [-0.1, -0.05) is 57.2 Å². The summed E-state index contributed by atoms with van der Waals surface area (Å²) in [5.41, 5.74) is 3.58. The lowest BCUT2D eigenvalue weighted by molar-refractivity contribution is 0.0935. The first kappa shape index (κ1) is 17.7. The number of carbonyl (C=O) groups excluding carboxylic acids is 1. The standard InChI is InChI=1S/C24H26N2OS/c1-24(2,3)17-10-11-18-19(13-17)28-23-20(18)22(27)25-21(26-23)16-9-8-14-6-4-5-7-15(14)12-16/h4-9,12,17,21,26H,10-11,13H2,1-3H3,(H,25,27)/t17-,21+/m0/s1. The van der Waals surface area contributed by atoms with E-state index in [1.807, 2.05) is 0 Å². The van der Waals surface area contributed by atoms with Gasteiger partial charge in [0.15, 0.2) is 0 Å². The fourth-order valence-corrected chi connectivity index (χ4v) is 5.94. The Labute approximate surface area is 170 Å². The van der Waals surface area contributed by atoms with Crippen LogP contribution >= 0.6 is 11.3 Å². The summed E-state index contributed by atoms with van der Waals surface area (Å²) in [5.74, 6) is 0.748. The molecule has 2 atom stereocenters. The van der Waals surface area contributed by atoms with Gasteiger partial charge in [0.05, 0.1) is 5.56 Å². The summed E-state index contributed by atoms with van der Waals surface area (Å²) in [6.45, 7) is 6.99. The van der Waals surface area contributed by atoms with Crippen LogP contribution < -0.4 is 10.6 Å². The van der Waals surface area contributed by atoms with Gasteiger partial charge < -0.3 is 10.6 Å².